The van der Waals surface area contributed by atoms with E-state index in [2.05, 4.69) is 4.98 Å². The van der Waals surface area contributed by atoms with Gasteiger partial charge < -0.3 is 5.73 Å². The summed E-state index contributed by atoms with van der Waals surface area (Å²) in [6, 6.07) is 8.46. The standard InChI is InChI=1S/C11H8ClN3/c12-9-4-3-8(10(14)6-13)11-7(9)2-1-5-15-11/h1-5,10H,14H2. The molecule has 0 spiro atoms. The average Bonchev–Trinajstić information content (AvgIpc) is 2.29. The molecule has 1 atom stereocenters. The molecule has 0 aliphatic rings. The molecule has 0 aliphatic carbocycles. The summed E-state index contributed by atoms with van der Waals surface area (Å²) < 4.78 is 0. The first-order valence-electron chi connectivity index (χ1n) is 4.42. The lowest BCUT2D eigenvalue weighted by atomic mass is 10.0. The molecular formula is C11H8ClN3. The molecule has 4 heteroatoms. The Labute approximate surface area is 92.1 Å². The zero-order chi connectivity index (χ0) is 10.8. The Kier molecular flexibility index (Phi) is 2.55. The molecule has 0 saturated heterocycles. The summed E-state index contributed by atoms with van der Waals surface area (Å²) in [6.45, 7) is 0. The Bertz CT molecular complexity index is 545. The third-order valence-electron chi connectivity index (χ3n) is 2.22. The predicted octanol–water partition coefficient (Wildman–Crippen LogP) is 2.41. The fourth-order valence-electron chi connectivity index (χ4n) is 1.48. The van der Waals surface area contributed by atoms with Crippen LogP contribution in [0.5, 0.6) is 0 Å². The normalized spacial score (nSPS) is 12.3. The maximum atomic E-state index is 8.78. The summed E-state index contributed by atoms with van der Waals surface area (Å²) in [6.07, 6.45) is 1.66. The molecule has 1 unspecified atom stereocenters. The largest absolute Gasteiger partial charge is 0.312 e. The lowest BCUT2D eigenvalue weighted by molar-refractivity contribution is 0.932. The number of nitrogens with two attached hydrogens (primary N) is 1. The van der Waals surface area contributed by atoms with Crippen LogP contribution in [-0.4, -0.2) is 4.98 Å². The van der Waals surface area contributed by atoms with E-state index in [1.54, 1.807) is 24.4 Å². The first-order chi connectivity index (χ1) is 7.24. The van der Waals surface area contributed by atoms with Gasteiger partial charge in [0.25, 0.3) is 0 Å². The van der Waals surface area contributed by atoms with Crippen LogP contribution >= 0.6 is 11.6 Å². The number of aromatic nitrogens is 1. The van der Waals surface area contributed by atoms with Gasteiger partial charge in [-0.15, -0.1) is 0 Å². The number of nitriles is 1. The maximum absolute atomic E-state index is 8.78. The zero-order valence-electron chi connectivity index (χ0n) is 7.81. The topological polar surface area (TPSA) is 62.7 Å². The molecule has 0 saturated carbocycles. The van der Waals surface area contributed by atoms with E-state index in [1.807, 2.05) is 12.1 Å². The molecule has 0 radical (unpaired) electrons. The summed E-state index contributed by atoms with van der Waals surface area (Å²) in [4.78, 5) is 4.20. The highest BCUT2D eigenvalue weighted by atomic mass is 35.5. The summed E-state index contributed by atoms with van der Waals surface area (Å²) in [5, 5.41) is 10.2. The highest BCUT2D eigenvalue weighted by molar-refractivity contribution is 6.35. The van der Waals surface area contributed by atoms with Crippen LogP contribution in [0.4, 0.5) is 0 Å². The smallest absolute Gasteiger partial charge is 0.120 e. The summed E-state index contributed by atoms with van der Waals surface area (Å²) in [5.74, 6) is 0. The van der Waals surface area contributed by atoms with Gasteiger partial charge in [0, 0.05) is 22.2 Å². The van der Waals surface area contributed by atoms with Crippen molar-refractivity contribution in [2.24, 2.45) is 5.73 Å². The van der Waals surface area contributed by atoms with Crippen LogP contribution in [0.2, 0.25) is 5.02 Å². The molecular weight excluding hydrogens is 210 g/mol. The Hall–Kier alpha value is -1.63. The third kappa shape index (κ3) is 1.65. The molecule has 3 nitrogen and oxygen atoms in total. The monoisotopic (exact) mass is 217 g/mol. The molecule has 0 amide bonds. The molecule has 0 bridgehead atoms. The molecule has 0 fully saturated rings. The minimum absolute atomic E-state index is 0.618. The SMILES string of the molecule is N#CC(N)c1ccc(Cl)c2cccnc12. The van der Waals surface area contributed by atoms with E-state index in [0.717, 1.165) is 5.39 Å². The first-order valence-corrected chi connectivity index (χ1v) is 4.80. The van der Waals surface area contributed by atoms with E-state index in [9.17, 15) is 0 Å². The van der Waals surface area contributed by atoms with Gasteiger partial charge >= 0.3 is 0 Å². The second kappa shape index (κ2) is 3.85. The predicted molar refractivity (Wildman–Crippen MR) is 59.3 cm³/mol. The number of fused-ring (bicyclic) bond motifs is 1. The quantitative estimate of drug-likeness (QED) is 0.798. The molecule has 1 aromatic heterocycles. The lowest BCUT2D eigenvalue weighted by Gasteiger charge is -2.07. The van der Waals surface area contributed by atoms with Crippen LogP contribution in [0.1, 0.15) is 11.6 Å². The van der Waals surface area contributed by atoms with Gasteiger partial charge in [-0.2, -0.15) is 5.26 Å². The molecule has 2 N–H and O–H groups in total. The van der Waals surface area contributed by atoms with E-state index < -0.39 is 6.04 Å². The van der Waals surface area contributed by atoms with Crippen molar-refractivity contribution >= 4 is 22.5 Å². The van der Waals surface area contributed by atoms with Crippen molar-refractivity contribution in [2.75, 3.05) is 0 Å². The van der Waals surface area contributed by atoms with Crippen molar-refractivity contribution in [1.82, 2.24) is 4.98 Å². The molecule has 15 heavy (non-hydrogen) atoms. The summed E-state index contributed by atoms with van der Waals surface area (Å²) >= 11 is 6.01. The van der Waals surface area contributed by atoms with Gasteiger partial charge in [-0.05, 0) is 18.2 Å². The van der Waals surface area contributed by atoms with Crippen molar-refractivity contribution in [3.63, 3.8) is 0 Å². The van der Waals surface area contributed by atoms with Gasteiger partial charge in [0.2, 0.25) is 0 Å². The van der Waals surface area contributed by atoms with Crippen LogP contribution < -0.4 is 5.73 Å². The number of hydrogen-bond acceptors (Lipinski definition) is 3. The maximum Gasteiger partial charge on any atom is 0.120 e. The van der Waals surface area contributed by atoms with E-state index in [-0.39, 0.29) is 0 Å². The summed E-state index contributed by atoms with van der Waals surface area (Å²) in [5.41, 5.74) is 7.07. The fourth-order valence-corrected chi connectivity index (χ4v) is 1.70. The molecule has 1 aromatic carbocycles. The van der Waals surface area contributed by atoms with Gasteiger partial charge in [0.05, 0.1) is 11.6 Å². The number of rotatable bonds is 1. The van der Waals surface area contributed by atoms with Crippen LogP contribution in [0.15, 0.2) is 30.5 Å². The number of halogens is 1. The Morgan fingerprint density at radius 2 is 2.20 bits per heavy atom. The second-order valence-corrected chi connectivity index (χ2v) is 3.55. The minimum Gasteiger partial charge on any atom is -0.312 e. The van der Waals surface area contributed by atoms with E-state index in [1.165, 1.54) is 0 Å². The van der Waals surface area contributed by atoms with Crippen molar-refractivity contribution < 1.29 is 0 Å². The van der Waals surface area contributed by atoms with Crippen molar-refractivity contribution in [1.29, 1.82) is 5.26 Å². The highest BCUT2D eigenvalue weighted by Crippen LogP contribution is 2.27. The van der Waals surface area contributed by atoms with E-state index in [0.29, 0.717) is 16.1 Å². The van der Waals surface area contributed by atoms with Crippen LogP contribution in [0.25, 0.3) is 10.9 Å². The number of hydrogen-bond donors (Lipinski definition) is 1. The van der Waals surface area contributed by atoms with Crippen molar-refractivity contribution in [3.8, 4) is 6.07 Å². The van der Waals surface area contributed by atoms with Gasteiger partial charge in [0.15, 0.2) is 0 Å². The number of benzene rings is 1. The van der Waals surface area contributed by atoms with E-state index >= 15 is 0 Å². The molecule has 2 rings (SSSR count). The number of pyridine rings is 1. The van der Waals surface area contributed by atoms with Gasteiger partial charge in [-0.25, -0.2) is 0 Å². The van der Waals surface area contributed by atoms with Crippen LogP contribution in [0, 0.1) is 11.3 Å². The van der Waals surface area contributed by atoms with Crippen molar-refractivity contribution in [2.45, 2.75) is 6.04 Å². The van der Waals surface area contributed by atoms with E-state index in [4.69, 9.17) is 22.6 Å². The Balaban J connectivity index is 2.78. The Morgan fingerprint density at radius 1 is 1.40 bits per heavy atom. The second-order valence-electron chi connectivity index (χ2n) is 3.14. The summed E-state index contributed by atoms with van der Waals surface area (Å²) in [7, 11) is 0. The highest BCUT2D eigenvalue weighted by Gasteiger charge is 2.11. The van der Waals surface area contributed by atoms with Gasteiger partial charge in [-0.1, -0.05) is 17.7 Å². The fraction of sp³-hybridized carbons (Fsp3) is 0.0909. The van der Waals surface area contributed by atoms with Crippen molar-refractivity contribution in [3.05, 3.63) is 41.0 Å². The molecule has 2 aromatic rings. The van der Waals surface area contributed by atoms with Crippen LogP contribution in [0.3, 0.4) is 0 Å². The van der Waals surface area contributed by atoms with Gasteiger partial charge in [0.1, 0.15) is 6.04 Å². The van der Waals surface area contributed by atoms with Crippen LogP contribution in [-0.2, 0) is 0 Å². The number of nitrogens with zero attached hydrogens (tertiary/aromatic N) is 2. The Morgan fingerprint density at radius 3 is 2.93 bits per heavy atom. The third-order valence-corrected chi connectivity index (χ3v) is 2.55. The average molecular weight is 218 g/mol. The van der Waals surface area contributed by atoms with Gasteiger partial charge in [-0.3, -0.25) is 4.98 Å². The lowest BCUT2D eigenvalue weighted by Crippen LogP contribution is -2.08. The molecule has 74 valence electrons. The molecule has 1 heterocycles. The zero-order valence-corrected chi connectivity index (χ0v) is 8.57. The first kappa shape index (κ1) is 9.91. The molecule has 0 aliphatic heterocycles. The minimum atomic E-state index is -0.667.